The Bertz CT molecular complexity index is 141. The number of nitrogens with one attached hydrogen (secondary N) is 1. The first kappa shape index (κ1) is 13.8. The molecule has 86 valence electrons. The van der Waals surface area contributed by atoms with Gasteiger partial charge in [0.1, 0.15) is 6.04 Å². The van der Waals surface area contributed by atoms with Crippen molar-refractivity contribution in [1.29, 1.82) is 0 Å². The zero-order valence-corrected chi connectivity index (χ0v) is 9.12. The predicted octanol–water partition coefficient (Wildman–Crippen LogP) is 3.35. The van der Waals surface area contributed by atoms with Crippen LogP contribution in [0.4, 0.5) is 13.2 Å². The summed E-state index contributed by atoms with van der Waals surface area (Å²) in [5, 5.41) is 2.59. The van der Waals surface area contributed by atoms with Gasteiger partial charge in [0.15, 0.2) is 0 Å². The van der Waals surface area contributed by atoms with Crippen LogP contribution in [-0.2, 0) is 0 Å². The minimum Gasteiger partial charge on any atom is -0.306 e. The minimum atomic E-state index is -4.12. The Morgan fingerprint density at radius 1 is 1.07 bits per heavy atom. The van der Waals surface area contributed by atoms with Crippen molar-refractivity contribution in [3.8, 4) is 0 Å². The van der Waals surface area contributed by atoms with Crippen molar-refractivity contribution in [3.05, 3.63) is 0 Å². The number of halogens is 3. The second kappa shape index (κ2) is 6.27. The number of hydrogen-bond donors (Lipinski definition) is 1. The maximum Gasteiger partial charge on any atom is 0.404 e. The van der Waals surface area contributed by atoms with Crippen LogP contribution in [0, 0.1) is 5.92 Å². The van der Waals surface area contributed by atoms with E-state index >= 15 is 0 Å². The molecule has 0 saturated heterocycles. The summed E-state index contributed by atoms with van der Waals surface area (Å²) < 4.78 is 37.8. The number of hydrogen-bond acceptors (Lipinski definition) is 1. The molecule has 0 saturated carbocycles. The fraction of sp³-hybridized carbons (Fsp3) is 1.00. The molecule has 0 bridgehead atoms. The lowest BCUT2D eigenvalue weighted by atomic mass is 9.93. The standard InChI is InChI=1S/C10H20F3N/c1-4-7-14-9(10(11,12)13)8(5-2)6-3/h8-9,14H,4-7H2,1-3H3. The van der Waals surface area contributed by atoms with Crippen LogP contribution < -0.4 is 5.32 Å². The zero-order valence-electron chi connectivity index (χ0n) is 9.12. The van der Waals surface area contributed by atoms with Crippen molar-refractivity contribution in [2.24, 2.45) is 5.92 Å². The quantitative estimate of drug-likeness (QED) is 0.710. The highest BCUT2D eigenvalue weighted by atomic mass is 19.4. The lowest BCUT2D eigenvalue weighted by Crippen LogP contribution is -2.47. The summed E-state index contributed by atoms with van der Waals surface area (Å²) in [6, 6.07) is -1.34. The van der Waals surface area contributed by atoms with Crippen LogP contribution in [0.25, 0.3) is 0 Å². The van der Waals surface area contributed by atoms with E-state index in [4.69, 9.17) is 0 Å². The monoisotopic (exact) mass is 211 g/mol. The first-order valence-electron chi connectivity index (χ1n) is 5.27. The van der Waals surface area contributed by atoms with Gasteiger partial charge in [-0.3, -0.25) is 0 Å². The third kappa shape index (κ3) is 4.31. The van der Waals surface area contributed by atoms with Gasteiger partial charge in [0.05, 0.1) is 0 Å². The Balaban J connectivity index is 4.37. The molecule has 1 N–H and O–H groups in total. The van der Waals surface area contributed by atoms with Gasteiger partial charge in [0.25, 0.3) is 0 Å². The maximum atomic E-state index is 12.6. The number of rotatable bonds is 6. The van der Waals surface area contributed by atoms with Gasteiger partial charge in [0.2, 0.25) is 0 Å². The lowest BCUT2D eigenvalue weighted by molar-refractivity contribution is -0.168. The van der Waals surface area contributed by atoms with E-state index in [1.807, 2.05) is 6.92 Å². The van der Waals surface area contributed by atoms with Gasteiger partial charge in [-0.05, 0) is 18.9 Å². The predicted molar refractivity (Wildman–Crippen MR) is 52.2 cm³/mol. The van der Waals surface area contributed by atoms with Crippen molar-refractivity contribution in [3.63, 3.8) is 0 Å². The Morgan fingerprint density at radius 2 is 1.57 bits per heavy atom. The molecular weight excluding hydrogens is 191 g/mol. The van der Waals surface area contributed by atoms with Crippen molar-refractivity contribution in [2.75, 3.05) is 6.54 Å². The third-order valence-electron chi connectivity index (χ3n) is 2.49. The molecule has 0 spiro atoms. The van der Waals surface area contributed by atoms with E-state index in [2.05, 4.69) is 5.32 Å². The van der Waals surface area contributed by atoms with E-state index in [-0.39, 0.29) is 5.92 Å². The molecular formula is C10H20F3N. The smallest absolute Gasteiger partial charge is 0.306 e. The third-order valence-corrected chi connectivity index (χ3v) is 2.49. The largest absolute Gasteiger partial charge is 0.404 e. The van der Waals surface area contributed by atoms with E-state index in [1.165, 1.54) is 0 Å². The molecule has 0 aromatic rings. The summed E-state index contributed by atoms with van der Waals surface area (Å²) >= 11 is 0. The highest BCUT2D eigenvalue weighted by Gasteiger charge is 2.42. The molecule has 0 aliphatic heterocycles. The van der Waals surface area contributed by atoms with Gasteiger partial charge in [-0.2, -0.15) is 13.2 Å². The first-order valence-corrected chi connectivity index (χ1v) is 5.27. The highest BCUT2D eigenvalue weighted by Crippen LogP contribution is 2.29. The summed E-state index contributed by atoms with van der Waals surface area (Å²) in [5.74, 6) is -0.304. The van der Waals surface area contributed by atoms with Crippen LogP contribution in [0.3, 0.4) is 0 Å². The van der Waals surface area contributed by atoms with Crippen LogP contribution in [0.2, 0.25) is 0 Å². The average molecular weight is 211 g/mol. The Morgan fingerprint density at radius 3 is 1.86 bits per heavy atom. The normalized spacial score (nSPS) is 14.8. The minimum absolute atomic E-state index is 0.304. The zero-order chi connectivity index (χ0) is 11.2. The van der Waals surface area contributed by atoms with Crippen LogP contribution in [0.5, 0.6) is 0 Å². The molecule has 0 radical (unpaired) electrons. The van der Waals surface area contributed by atoms with Crippen molar-refractivity contribution < 1.29 is 13.2 Å². The van der Waals surface area contributed by atoms with E-state index in [1.54, 1.807) is 13.8 Å². The summed E-state index contributed by atoms with van der Waals surface area (Å²) in [6.07, 6.45) is -2.26. The van der Waals surface area contributed by atoms with Crippen LogP contribution in [0.1, 0.15) is 40.0 Å². The fourth-order valence-corrected chi connectivity index (χ4v) is 1.61. The van der Waals surface area contributed by atoms with Crippen LogP contribution >= 0.6 is 0 Å². The molecule has 1 unspecified atom stereocenters. The molecule has 0 amide bonds. The van der Waals surface area contributed by atoms with Crippen LogP contribution in [-0.4, -0.2) is 18.8 Å². The fourth-order valence-electron chi connectivity index (χ4n) is 1.61. The van der Waals surface area contributed by atoms with Crippen LogP contribution in [0.15, 0.2) is 0 Å². The topological polar surface area (TPSA) is 12.0 Å². The molecule has 14 heavy (non-hydrogen) atoms. The number of alkyl halides is 3. The highest BCUT2D eigenvalue weighted by molar-refractivity contribution is 4.81. The molecule has 0 rings (SSSR count). The van der Waals surface area contributed by atoms with Gasteiger partial charge < -0.3 is 5.32 Å². The molecule has 1 nitrogen and oxygen atoms in total. The Hall–Kier alpha value is -0.250. The van der Waals surface area contributed by atoms with Gasteiger partial charge in [-0.15, -0.1) is 0 Å². The molecule has 0 aromatic carbocycles. The summed E-state index contributed by atoms with van der Waals surface area (Å²) in [4.78, 5) is 0. The van der Waals surface area contributed by atoms with Gasteiger partial charge in [-0.25, -0.2) is 0 Å². The molecule has 0 fully saturated rings. The maximum absolute atomic E-state index is 12.6. The second-order valence-corrected chi connectivity index (χ2v) is 3.55. The molecule has 0 aliphatic rings. The van der Waals surface area contributed by atoms with E-state index in [9.17, 15) is 13.2 Å². The Kier molecular flexibility index (Phi) is 6.16. The Labute approximate surface area is 84.1 Å². The molecule has 4 heteroatoms. The SMILES string of the molecule is CCCNC(C(CC)CC)C(F)(F)F. The van der Waals surface area contributed by atoms with Gasteiger partial charge in [-0.1, -0.05) is 33.6 Å². The van der Waals surface area contributed by atoms with E-state index in [0.29, 0.717) is 19.4 Å². The molecule has 0 heterocycles. The van der Waals surface area contributed by atoms with Crippen molar-refractivity contribution in [2.45, 2.75) is 52.3 Å². The first-order chi connectivity index (χ1) is 6.47. The molecule has 0 aliphatic carbocycles. The lowest BCUT2D eigenvalue weighted by Gasteiger charge is -2.28. The summed E-state index contributed by atoms with van der Waals surface area (Å²) in [7, 11) is 0. The van der Waals surface area contributed by atoms with Crippen molar-refractivity contribution in [1.82, 2.24) is 5.32 Å². The van der Waals surface area contributed by atoms with E-state index < -0.39 is 12.2 Å². The molecule has 0 aromatic heterocycles. The van der Waals surface area contributed by atoms with Gasteiger partial charge in [0, 0.05) is 0 Å². The molecule has 1 atom stereocenters. The average Bonchev–Trinajstić information content (AvgIpc) is 2.10. The van der Waals surface area contributed by atoms with Gasteiger partial charge >= 0.3 is 6.18 Å². The van der Waals surface area contributed by atoms with Crippen molar-refractivity contribution >= 4 is 0 Å². The summed E-state index contributed by atoms with van der Waals surface area (Å²) in [5.41, 5.74) is 0. The summed E-state index contributed by atoms with van der Waals surface area (Å²) in [6.45, 7) is 5.91. The van der Waals surface area contributed by atoms with E-state index in [0.717, 1.165) is 6.42 Å². The second-order valence-electron chi connectivity index (χ2n) is 3.55.